The zero-order valence-corrected chi connectivity index (χ0v) is 10.3. The van der Waals surface area contributed by atoms with Crippen molar-refractivity contribution in [2.45, 2.75) is 44.8 Å². The lowest BCUT2D eigenvalue weighted by Gasteiger charge is -2.43. The van der Waals surface area contributed by atoms with Crippen LogP contribution in [0.15, 0.2) is 0 Å². The average molecular weight is 245 g/mol. The van der Waals surface area contributed by atoms with Gasteiger partial charge in [-0.3, -0.25) is 0 Å². The van der Waals surface area contributed by atoms with Gasteiger partial charge in [0.25, 0.3) is 0 Å². The van der Waals surface area contributed by atoms with E-state index >= 15 is 0 Å². The number of amides is 1. The molecule has 0 heterocycles. The van der Waals surface area contributed by atoms with Crippen molar-refractivity contribution >= 4 is 12.1 Å². The van der Waals surface area contributed by atoms with E-state index in [1.54, 1.807) is 20.8 Å². The average Bonchev–Trinajstić information content (AvgIpc) is 2.06. The Morgan fingerprint density at radius 2 is 1.94 bits per heavy atom. The smallest absolute Gasteiger partial charge is 0.408 e. The summed E-state index contributed by atoms with van der Waals surface area (Å²) in [5.41, 5.74) is -1.94. The minimum absolute atomic E-state index is 0.0645. The molecule has 0 unspecified atom stereocenters. The van der Waals surface area contributed by atoms with Gasteiger partial charge in [0.05, 0.1) is 0 Å². The van der Waals surface area contributed by atoms with Crippen molar-refractivity contribution in [3.05, 3.63) is 0 Å². The van der Waals surface area contributed by atoms with Crippen LogP contribution in [0.4, 0.5) is 4.79 Å². The summed E-state index contributed by atoms with van der Waals surface area (Å²) in [6.07, 6.45) is -0.271. The molecule has 0 radical (unpaired) electrons. The number of carboxylic acid groups (broad SMARTS) is 1. The summed E-state index contributed by atoms with van der Waals surface area (Å²) in [5.74, 6) is -1.16. The lowest BCUT2D eigenvalue weighted by Crippen LogP contribution is -2.63. The Kier molecular flexibility index (Phi) is 3.66. The molecule has 0 aromatic carbocycles. The monoisotopic (exact) mass is 245 g/mol. The summed E-state index contributed by atoms with van der Waals surface area (Å²) in [7, 11) is 0. The molecule has 0 atom stereocenters. The van der Waals surface area contributed by atoms with Gasteiger partial charge in [-0.1, -0.05) is 0 Å². The Morgan fingerprint density at radius 1 is 1.41 bits per heavy atom. The molecule has 1 aliphatic carbocycles. The summed E-state index contributed by atoms with van der Waals surface area (Å²) in [4.78, 5) is 22.6. The number of carboxylic acids is 1. The Balaban J connectivity index is 2.58. The zero-order chi connectivity index (χ0) is 13.3. The molecule has 3 N–H and O–H groups in total. The van der Waals surface area contributed by atoms with E-state index in [9.17, 15) is 9.59 Å². The first kappa shape index (κ1) is 13.8. The number of ether oxygens (including phenoxy) is 1. The summed E-state index contributed by atoms with van der Waals surface area (Å²) in [6.45, 7) is 5.05. The first-order valence-corrected chi connectivity index (χ1v) is 5.54. The van der Waals surface area contributed by atoms with E-state index < -0.39 is 23.2 Å². The van der Waals surface area contributed by atoms with Crippen molar-refractivity contribution in [2.75, 3.05) is 6.61 Å². The molecule has 1 rings (SSSR count). The second kappa shape index (κ2) is 4.52. The summed E-state index contributed by atoms with van der Waals surface area (Å²) in [5, 5.41) is 20.4. The Morgan fingerprint density at radius 3 is 2.29 bits per heavy atom. The number of carbonyl (C=O) groups is 2. The standard InChI is InChI=1S/C11H19NO5/c1-10(2,3)17-9(16)12-11(8(14)15)4-7(5-11)6-13/h7,13H,4-6H2,1-3H3,(H,12,16)(H,14,15). The normalized spacial score (nSPS) is 28.1. The molecule has 0 aromatic rings. The highest BCUT2D eigenvalue weighted by Gasteiger charge is 2.51. The van der Waals surface area contributed by atoms with Crippen LogP contribution < -0.4 is 5.32 Å². The van der Waals surface area contributed by atoms with Gasteiger partial charge in [-0.25, -0.2) is 9.59 Å². The predicted octanol–water partition coefficient (Wildman–Crippen LogP) is 0.737. The number of alkyl carbamates (subject to hydrolysis) is 1. The number of hydrogen-bond acceptors (Lipinski definition) is 4. The maximum Gasteiger partial charge on any atom is 0.408 e. The number of aliphatic carboxylic acids is 1. The molecule has 1 aliphatic rings. The fourth-order valence-electron chi connectivity index (χ4n) is 1.88. The van der Waals surface area contributed by atoms with Gasteiger partial charge in [0.15, 0.2) is 0 Å². The first-order chi connectivity index (χ1) is 7.68. The van der Waals surface area contributed by atoms with E-state index in [1.165, 1.54) is 0 Å². The zero-order valence-electron chi connectivity index (χ0n) is 10.3. The van der Waals surface area contributed by atoms with E-state index in [-0.39, 0.29) is 25.4 Å². The summed E-state index contributed by atoms with van der Waals surface area (Å²) >= 11 is 0. The largest absolute Gasteiger partial charge is 0.480 e. The molecule has 17 heavy (non-hydrogen) atoms. The molecule has 0 aromatic heterocycles. The second-order valence-corrected chi connectivity index (χ2v) is 5.47. The van der Waals surface area contributed by atoms with Crippen molar-refractivity contribution < 1.29 is 24.5 Å². The van der Waals surface area contributed by atoms with Crippen molar-refractivity contribution in [3.63, 3.8) is 0 Å². The Bertz CT molecular complexity index is 314. The molecule has 6 nitrogen and oxygen atoms in total. The van der Waals surface area contributed by atoms with Gasteiger partial charge in [-0.05, 0) is 39.5 Å². The third-order valence-corrected chi connectivity index (χ3v) is 2.68. The predicted molar refractivity (Wildman–Crippen MR) is 59.5 cm³/mol. The minimum Gasteiger partial charge on any atom is -0.480 e. The number of nitrogens with one attached hydrogen (secondary N) is 1. The van der Waals surface area contributed by atoms with E-state index in [0.717, 1.165) is 0 Å². The molecular weight excluding hydrogens is 226 g/mol. The van der Waals surface area contributed by atoms with Crippen molar-refractivity contribution in [1.82, 2.24) is 5.32 Å². The molecule has 0 spiro atoms. The maximum atomic E-state index is 11.5. The van der Waals surface area contributed by atoms with Crippen LogP contribution >= 0.6 is 0 Å². The van der Waals surface area contributed by atoms with Crippen LogP contribution in [0.25, 0.3) is 0 Å². The third-order valence-electron chi connectivity index (χ3n) is 2.68. The molecule has 0 bridgehead atoms. The highest BCUT2D eigenvalue weighted by Crippen LogP contribution is 2.38. The van der Waals surface area contributed by atoms with Crippen molar-refractivity contribution in [2.24, 2.45) is 5.92 Å². The number of carbonyl (C=O) groups excluding carboxylic acids is 1. The Labute approximate surface area is 100.0 Å². The van der Waals surface area contributed by atoms with Crippen LogP contribution in [0.1, 0.15) is 33.6 Å². The lowest BCUT2D eigenvalue weighted by molar-refractivity contribution is -0.152. The van der Waals surface area contributed by atoms with Crippen LogP contribution in [0.3, 0.4) is 0 Å². The first-order valence-electron chi connectivity index (χ1n) is 5.54. The third kappa shape index (κ3) is 3.33. The molecule has 1 amide bonds. The highest BCUT2D eigenvalue weighted by atomic mass is 16.6. The van der Waals surface area contributed by atoms with Crippen LogP contribution in [0, 0.1) is 5.92 Å². The fraction of sp³-hybridized carbons (Fsp3) is 0.818. The number of hydrogen-bond donors (Lipinski definition) is 3. The number of rotatable bonds is 3. The molecular formula is C11H19NO5. The molecule has 6 heteroatoms. The van der Waals surface area contributed by atoms with E-state index in [0.29, 0.717) is 0 Å². The fourth-order valence-corrected chi connectivity index (χ4v) is 1.88. The minimum atomic E-state index is -1.28. The second-order valence-electron chi connectivity index (χ2n) is 5.47. The van der Waals surface area contributed by atoms with Crippen LogP contribution in [0.5, 0.6) is 0 Å². The van der Waals surface area contributed by atoms with E-state index in [2.05, 4.69) is 5.32 Å². The van der Waals surface area contributed by atoms with Crippen molar-refractivity contribution in [3.8, 4) is 0 Å². The molecule has 0 aliphatic heterocycles. The van der Waals surface area contributed by atoms with Crippen LogP contribution in [-0.4, -0.2) is 40.0 Å². The van der Waals surface area contributed by atoms with Gasteiger partial charge in [0, 0.05) is 6.61 Å². The summed E-state index contributed by atoms with van der Waals surface area (Å²) in [6, 6.07) is 0. The van der Waals surface area contributed by atoms with E-state index in [4.69, 9.17) is 14.9 Å². The van der Waals surface area contributed by atoms with Gasteiger partial charge in [0.2, 0.25) is 0 Å². The van der Waals surface area contributed by atoms with Crippen LogP contribution in [-0.2, 0) is 9.53 Å². The van der Waals surface area contributed by atoms with Crippen molar-refractivity contribution in [1.29, 1.82) is 0 Å². The maximum absolute atomic E-state index is 11.5. The molecule has 0 saturated heterocycles. The topological polar surface area (TPSA) is 95.9 Å². The van der Waals surface area contributed by atoms with Gasteiger partial charge >= 0.3 is 12.1 Å². The Hall–Kier alpha value is -1.30. The quantitative estimate of drug-likeness (QED) is 0.681. The van der Waals surface area contributed by atoms with E-state index in [1.807, 2.05) is 0 Å². The highest BCUT2D eigenvalue weighted by molar-refractivity contribution is 5.85. The van der Waals surface area contributed by atoms with Gasteiger partial charge in [0.1, 0.15) is 11.1 Å². The summed E-state index contributed by atoms with van der Waals surface area (Å²) < 4.78 is 5.01. The van der Waals surface area contributed by atoms with Crippen LogP contribution in [0.2, 0.25) is 0 Å². The van der Waals surface area contributed by atoms with Gasteiger partial charge < -0.3 is 20.3 Å². The lowest BCUT2D eigenvalue weighted by atomic mass is 9.68. The molecule has 1 fully saturated rings. The number of aliphatic hydroxyl groups excluding tert-OH is 1. The number of aliphatic hydroxyl groups is 1. The SMILES string of the molecule is CC(C)(C)OC(=O)NC1(C(=O)O)CC(CO)C1. The molecule has 1 saturated carbocycles. The van der Waals surface area contributed by atoms with Gasteiger partial charge in [-0.15, -0.1) is 0 Å². The molecule has 98 valence electrons. The van der Waals surface area contributed by atoms with Gasteiger partial charge in [-0.2, -0.15) is 0 Å².